The van der Waals surface area contributed by atoms with Crippen molar-refractivity contribution in [2.75, 3.05) is 26.2 Å². The van der Waals surface area contributed by atoms with E-state index >= 15 is 0 Å². The zero-order valence-electron chi connectivity index (χ0n) is 11.0. The molecular weight excluding hydrogens is 232 g/mol. The number of aromatic nitrogens is 2. The third-order valence-electron chi connectivity index (χ3n) is 3.33. The summed E-state index contributed by atoms with van der Waals surface area (Å²) >= 11 is 0. The number of aliphatic hydroxyl groups excluding tert-OH is 1. The quantitative estimate of drug-likeness (QED) is 0.757. The van der Waals surface area contributed by atoms with Gasteiger partial charge < -0.3 is 15.6 Å². The van der Waals surface area contributed by atoms with Crippen LogP contribution in [0.4, 0.5) is 0 Å². The van der Waals surface area contributed by atoms with Gasteiger partial charge in [-0.05, 0) is 6.92 Å². The lowest BCUT2D eigenvalue weighted by Gasteiger charge is -2.40. The second-order valence-electron chi connectivity index (χ2n) is 4.90. The molecule has 3 N–H and O–H groups in total. The molecule has 1 aromatic heterocycles. The first-order valence-electron chi connectivity index (χ1n) is 6.33. The topological polar surface area (TPSA) is 76.5 Å². The molecule has 0 bridgehead atoms. The zero-order chi connectivity index (χ0) is 13.1. The Hall–Kier alpha value is -0.950. The number of hydrogen-bond donors (Lipinski definition) is 2. The molecule has 2 heterocycles. The van der Waals surface area contributed by atoms with Gasteiger partial charge in [0.1, 0.15) is 0 Å². The number of morpholine rings is 1. The summed E-state index contributed by atoms with van der Waals surface area (Å²) in [4.78, 5) is 2.27. The summed E-state index contributed by atoms with van der Waals surface area (Å²) in [7, 11) is 1.90. The number of ether oxygens (including phenoxy) is 1. The summed E-state index contributed by atoms with van der Waals surface area (Å²) in [6.45, 7) is 4.14. The predicted molar refractivity (Wildman–Crippen MR) is 68.0 cm³/mol. The van der Waals surface area contributed by atoms with Crippen LogP contribution in [0.15, 0.2) is 12.4 Å². The van der Waals surface area contributed by atoms with Gasteiger partial charge in [-0.2, -0.15) is 5.10 Å². The van der Waals surface area contributed by atoms with Gasteiger partial charge >= 0.3 is 0 Å². The normalized spacial score (nSPS) is 27.3. The average Bonchev–Trinajstić information content (AvgIpc) is 2.76. The first kappa shape index (κ1) is 13.5. The Bertz CT molecular complexity index is 382. The fourth-order valence-electron chi connectivity index (χ4n) is 2.54. The van der Waals surface area contributed by atoms with Crippen LogP contribution < -0.4 is 5.73 Å². The molecule has 1 aromatic rings. The van der Waals surface area contributed by atoms with Gasteiger partial charge in [0, 0.05) is 38.4 Å². The molecule has 3 atom stereocenters. The van der Waals surface area contributed by atoms with E-state index in [1.165, 1.54) is 0 Å². The molecule has 1 saturated heterocycles. The summed E-state index contributed by atoms with van der Waals surface area (Å²) in [6.07, 6.45) is 3.83. The maximum atomic E-state index is 9.26. The van der Waals surface area contributed by atoms with Gasteiger partial charge in [-0.25, -0.2) is 0 Å². The maximum Gasteiger partial charge on any atom is 0.0936 e. The van der Waals surface area contributed by atoms with E-state index in [-0.39, 0.29) is 24.9 Å². The van der Waals surface area contributed by atoms with Crippen molar-refractivity contribution in [1.82, 2.24) is 14.7 Å². The Morgan fingerprint density at radius 2 is 2.39 bits per heavy atom. The first-order valence-corrected chi connectivity index (χ1v) is 6.33. The van der Waals surface area contributed by atoms with Crippen molar-refractivity contribution in [3.8, 4) is 0 Å². The SMILES string of the molecule is CC1CN(C(CN)c2cnn(C)c2)CC(CO)O1. The van der Waals surface area contributed by atoms with Gasteiger partial charge in [-0.1, -0.05) is 0 Å². The smallest absolute Gasteiger partial charge is 0.0936 e. The lowest BCUT2D eigenvalue weighted by molar-refractivity contribution is -0.105. The largest absolute Gasteiger partial charge is 0.394 e. The van der Waals surface area contributed by atoms with Crippen LogP contribution in [0.2, 0.25) is 0 Å². The van der Waals surface area contributed by atoms with Crippen molar-refractivity contribution < 1.29 is 9.84 Å². The molecule has 2 rings (SSSR count). The van der Waals surface area contributed by atoms with Gasteiger partial charge in [-0.15, -0.1) is 0 Å². The molecule has 3 unspecified atom stereocenters. The number of aliphatic hydroxyl groups is 1. The third-order valence-corrected chi connectivity index (χ3v) is 3.33. The van der Waals surface area contributed by atoms with E-state index in [1.807, 2.05) is 26.4 Å². The minimum absolute atomic E-state index is 0.0468. The standard InChI is InChI=1S/C12H22N4O2/c1-9-5-16(7-11(8-17)18-9)12(3-13)10-4-14-15(2)6-10/h4,6,9,11-12,17H,3,5,7-8,13H2,1-2H3. The molecule has 0 aromatic carbocycles. The van der Waals surface area contributed by atoms with Crippen molar-refractivity contribution >= 4 is 0 Å². The van der Waals surface area contributed by atoms with E-state index in [0.717, 1.165) is 12.1 Å². The van der Waals surface area contributed by atoms with Gasteiger partial charge in [0.25, 0.3) is 0 Å². The third kappa shape index (κ3) is 2.89. The van der Waals surface area contributed by atoms with Crippen LogP contribution >= 0.6 is 0 Å². The molecular formula is C12H22N4O2. The second-order valence-corrected chi connectivity index (χ2v) is 4.90. The van der Waals surface area contributed by atoms with Crippen LogP contribution in [-0.2, 0) is 11.8 Å². The fourth-order valence-corrected chi connectivity index (χ4v) is 2.54. The molecule has 0 amide bonds. The number of nitrogens with zero attached hydrogens (tertiary/aromatic N) is 3. The van der Waals surface area contributed by atoms with Crippen molar-refractivity contribution in [3.05, 3.63) is 18.0 Å². The molecule has 0 aliphatic carbocycles. The van der Waals surface area contributed by atoms with Crippen molar-refractivity contribution in [2.45, 2.75) is 25.2 Å². The van der Waals surface area contributed by atoms with Crippen LogP contribution in [-0.4, -0.2) is 58.2 Å². The number of rotatable bonds is 4. The van der Waals surface area contributed by atoms with E-state index < -0.39 is 0 Å². The van der Waals surface area contributed by atoms with Crippen LogP contribution in [0.25, 0.3) is 0 Å². The van der Waals surface area contributed by atoms with Crippen LogP contribution in [0.3, 0.4) is 0 Å². The highest BCUT2D eigenvalue weighted by Crippen LogP contribution is 2.23. The van der Waals surface area contributed by atoms with E-state index in [9.17, 15) is 5.11 Å². The number of hydrogen-bond acceptors (Lipinski definition) is 5. The van der Waals surface area contributed by atoms with E-state index in [2.05, 4.69) is 10.00 Å². The fraction of sp³-hybridized carbons (Fsp3) is 0.750. The molecule has 102 valence electrons. The first-order chi connectivity index (χ1) is 8.63. The van der Waals surface area contributed by atoms with Gasteiger partial charge in [-0.3, -0.25) is 9.58 Å². The Morgan fingerprint density at radius 1 is 1.61 bits per heavy atom. The van der Waals surface area contributed by atoms with Crippen LogP contribution in [0, 0.1) is 0 Å². The summed E-state index contributed by atoms with van der Waals surface area (Å²) in [5.74, 6) is 0. The van der Waals surface area contributed by atoms with Crippen molar-refractivity contribution in [1.29, 1.82) is 0 Å². The molecule has 6 nitrogen and oxygen atoms in total. The predicted octanol–water partition coefficient (Wildman–Crippen LogP) is -0.498. The summed E-state index contributed by atoms with van der Waals surface area (Å²) in [6, 6.07) is 0.138. The lowest BCUT2D eigenvalue weighted by atomic mass is 10.1. The Morgan fingerprint density at radius 3 is 2.94 bits per heavy atom. The molecule has 18 heavy (non-hydrogen) atoms. The van der Waals surface area contributed by atoms with Crippen molar-refractivity contribution in [3.63, 3.8) is 0 Å². The van der Waals surface area contributed by atoms with Crippen molar-refractivity contribution in [2.24, 2.45) is 12.8 Å². The molecule has 1 aliphatic heterocycles. The van der Waals surface area contributed by atoms with Gasteiger partial charge in [0.2, 0.25) is 0 Å². The Kier molecular flexibility index (Phi) is 4.34. The number of aryl methyl sites for hydroxylation is 1. The van der Waals surface area contributed by atoms with E-state index in [0.29, 0.717) is 13.1 Å². The average molecular weight is 254 g/mol. The highest BCUT2D eigenvalue weighted by atomic mass is 16.5. The molecule has 0 radical (unpaired) electrons. The molecule has 1 aliphatic rings. The minimum atomic E-state index is -0.125. The lowest BCUT2D eigenvalue weighted by Crippen LogP contribution is -2.50. The highest BCUT2D eigenvalue weighted by molar-refractivity contribution is 5.11. The molecule has 1 fully saturated rings. The summed E-state index contributed by atoms with van der Waals surface area (Å²) < 4.78 is 7.43. The Labute approximate surface area is 107 Å². The van der Waals surface area contributed by atoms with Gasteiger partial charge in [0.15, 0.2) is 0 Å². The zero-order valence-corrected chi connectivity index (χ0v) is 11.0. The maximum absolute atomic E-state index is 9.26. The molecule has 0 spiro atoms. The summed E-state index contributed by atoms with van der Waals surface area (Å²) in [5, 5.41) is 13.4. The van der Waals surface area contributed by atoms with E-state index in [4.69, 9.17) is 10.5 Å². The molecule has 6 heteroatoms. The van der Waals surface area contributed by atoms with Crippen LogP contribution in [0.1, 0.15) is 18.5 Å². The number of nitrogens with two attached hydrogens (primary N) is 1. The van der Waals surface area contributed by atoms with Crippen LogP contribution in [0.5, 0.6) is 0 Å². The van der Waals surface area contributed by atoms with E-state index in [1.54, 1.807) is 4.68 Å². The highest BCUT2D eigenvalue weighted by Gasteiger charge is 2.30. The minimum Gasteiger partial charge on any atom is -0.394 e. The molecule has 0 saturated carbocycles. The van der Waals surface area contributed by atoms with Gasteiger partial charge in [0.05, 0.1) is 31.1 Å². The monoisotopic (exact) mass is 254 g/mol. The Balaban J connectivity index is 2.11. The summed E-state index contributed by atoms with van der Waals surface area (Å²) in [5.41, 5.74) is 7.01. The second kappa shape index (κ2) is 5.79.